The molecule has 1 N–H and O–H groups in total. The van der Waals surface area contributed by atoms with Crippen molar-refractivity contribution in [2.45, 2.75) is 44.1 Å². The zero-order valence-electron chi connectivity index (χ0n) is 13.5. The van der Waals surface area contributed by atoms with Gasteiger partial charge in [-0.3, -0.25) is 9.36 Å². The number of thioether (sulfide) groups is 1. The van der Waals surface area contributed by atoms with E-state index in [1.54, 1.807) is 0 Å². The molecule has 0 radical (unpaired) electrons. The highest BCUT2D eigenvalue weighted by atomic mass is 32.2. The van der Waals surface area contributed by atoms with Crippen LogP contribution < -0.4 is 10.2 Å². The lowest BCUT2D eigenvalue weighted by Gasteiger charge is -2.27. The Labute approximate surface area is 135 Å². The summed E-state index contributed by atoms with van der Waals surface area (Å²) in [6.45, 7) is 10.6. The van der Waals surface area contributed by atoms with E-state index in [1.165, 1.54) is 11.8 Å². The van der Waals surface area contributed by atoms with E-state index in [-0.39, 0.29) is 11.2 Å². The maximum Gasteiger partial charge on any atom is 0.233 e. The Morgan fingerprint density at radius 3 is 2.73 bits per heavy atom. The number of nitrogens with one attached hydrogen (secondary N) is 1. The molecule has 7 nitrogen and oxygen atoms in total. The van der Waals surface area contributed by atoms with Crippen molar-refractivity contribution in [1.82, 2.24) is 20.1 Å². The molecule has 0 aromatic carbocycles. The van der Waals surface area contributed by atoms with Crippen LogP contribution in [0.15, 0.2) is 5.16 Å². The smallest absolute Gasteiger partial charge is 0.233 e. The van der Waals surface area contributed by atoms with Crippen LogP contribution in [0.4, 0.5) is 5.95 Å². The summed E-state index contributed by atoms with van der Waals surface area (Å²) in [5.41, 5.74) is 0. The van der Waals surface area contributed by atoms with E-state index >= 15 is 0 Å². The van der Waals surface area contributed by atoms with Crippen LogP contribution in [-0.2, 0) is 16.1 Å². The quantitative estimate of drug-likeness (QED) is 0.757. The molecule has 2 heterocycles. The molecule has 1 fully saturated rings. The summed E-state index contributed by atoms with van der Waals surface area (Å²) in [7, 11) is 0. The number of carbonyl (C=O) groups excluding carboxylic acids is 1. The first-order valence-electron chi connectivity index (χ1n) is 7.87. The van der Waals surface area contributed by atoms with Gasteiger partial charge < -0.3 is 15.0 Å². The van der Waals surface area contributed by atoms with Gasteiger partial charge in [0, 0.05) is 26.2 Å². The maximum absolute atomic E-state index is 12.0. The van der Waals surface area contributed by atoms with Crippen LogP contribution in [0.5, 0.6) is 0 Å². The van der Waals surface area contributed by atoms with Gasteiger partial charge in [-0.25, -0.2) is 0 Å². The standard InChI is InChI=1S/C14H25N5O2S/c1-4-6-15-12(20)11(3)22-14-17-16-13(19(14)5-2)18-7-9-21-10-8-18/h11H,4-10H2,1-3H3,(H,15,20)/t11-/m1/s1. The average molecular weight is 327 g/mol. The van der Waals surface area contributed by atoms with Gasteiger partial charge in [0.15, 0.2) is 5.16 Å². The number of anilines is 1. The molecule has 124 valence electrons. The Kier molecular flexibility index (Phi) is 6.50. The van der Waals surface area contributed by atoms with Gasteiger partial charge in [-0.2, -0.15) is 0 Å². The third kappa shape index (κ3) is 4.13. The van der Waals surface area contributed by atoms with E-state index in [4.69, 9.17) is 4.74 Å². The van der Waals surface area contributed by atoms with E-state index in [2.05, 4.69) is 31.9 Å². The van der Waals surface area contributed by atoms with Crippen LogP contribution in [0, 0.1) is 0 Å². The van der Waals surface area contributed by atoms with Crippen molar-refractivity contribution in [1.29, 1.82) is 0 Å². The molecule has 1 aromatic heterocycles. The molecule has 2 rings (SSSR count). The average Bonchev–Trinajstić information content (AvgIpc) is 2.95. The van der Waals surface area contributed by atoms with Crippen LogP contribution in [0.3, 0.4) is 0 Å². The summed E-state index contributed by atoms with van der Waals surface area (Å²) in [5.74, 6) is 0.917. The second kappa shape index (κ2) is 8.38. The Morgan fingerprint density at radius 1 is 1.36 bits per heavy atom. The second-order valence-corrected chi connectivity index (χ2v) is 6.49. The van der Waals surface area contributed by atoms with E-state index in [1.807, 2.05) is 13.8 Å². The fourth-order valence-electron chi connectivity index (χ4n) is 2.25. The molecule has 0 saturated carbocycles. The minimum atomic E-state index is -0.182. The number of aromatic nitrogens is 3. The molecule has 22 heavy (non-hydrogen) atoms. The topological polar surface area (TPSA) is 72.3 Å². The van der Waals surface area contributed by atoms with Gasteiger partial charge in [0.05, 0.1) is 18.5 Å². The van der Waals surface area contributed by atoms with E-state index in [0.29, 0.717) is 6.54 Å². The third-order valence-corrected chi connectivity index (χ3v) is 4.59. The van der Waals surface area contributed by atoms with Gasteiger partial charge in [0.1, 0.15) is 0 Å². The Balaban J connectivity index is 2.04. The van der Waals surface area contributed by atoms with E-state index < -0.39 is 0 Å². The normalized spacial score (nSPS) is 16.6. The first-order valence-corrected chi connectivity index (χ1v) is 8.75. The van der Waals surface area contributed by atoms with E-state index in [9.17, 15) is 4.79 Å². The van der Waals surface area contributed by atoms with Crippen LogP contribution in [0.1, 0.15) is 27.2 Å². The zero-order chi connectivity index (χ0) is 15.9. The summed E-state index contributed by atoms with van der Waals surface area (Å²) in [5, 5.41) is 12.1. The summed E-state index contributed by atoms with van der Waals surface area (Å²) in [6.07, 6.45) is 0.940. The fraction of sp³-hybridized carbons (Fsp3) is 0.786. The van der Waals surface area contributed by atoms with Gasteiger partial charge in [0.2, 0.25) is 11.9 Å². The Morgan fingerprint density at radius 2 is 2.09 bits per heavy atom. The van der Waals surface area contributed by atoms with Crippen LogP contribution in [0.25, 0.3) is 0 Å². The highest BCUT2D eigenvalue weighted by molar-refractivity contribution is 8.00. The molecular weight excluding hydrogens is 302 g/mol. The zero-order valence-corrected chi connectivity index (χ0v) is 14.4. The molecule has 0 spiro atoms. The lowest BCUT2D eigenvalue weighted by Crippen LogP contribution is -2.38. The lowest BCUT2D eigenvalue weighted by atomic mass is 10.4. The van der Waals surface area contributed by atoms with Gasteiger partial charge in [-0.15, -0.1) is 10.2 Å². The predicted octanol–water partition coefficient (Wildman–Crippen LogP) is 1.14. The van der Waals surface area contributed by atoms with Gasteiger partial charge in [-0.1, -0.05) is 18.7 Å². The van der Waals surface area contributed by atoms with Gasteiger partial charge >= 0.3 is 0 Å². The molecule has 0 unspecified atom stereocenters. The number of morpholine rings is 1. The maximum atomic E-state index is 12.0. The SMILES string of the molecule is CCCNC(=O)[C@@H](C)Sc1nnc(N2CCOCC2)n1CC. The van der Waals surface area contributed by atoms with E-state index in [0.717, 1.165) is 50.4 Å². The first-order chi connectivity index (χ1) is 10.7. The van der Waals surface area contributed by atoms with Crippen molar-refractivity contribution < 1.29 is 9.53 Å². The highest BCUT2D eigenvalue weighted by Crippen LogP contribution is 2.26. The second-order valence-electron chi connectivity index (χ2n) is 5.18. The van der Waals surface area contributed by atoms with Crippen molar-refractivity contribution >= 4 is 23.6 Å². The Bertz CT molecular complexity index is 488. The number of hydrogen-bond donors (Lipinski definition) is 1. The van der Waals surface area contributed by atoms with Gasteiger partial charge in [-0.05, 0) is 20.3 Å². The number of amides is 1. The minimum Gasteiger partial charge on any atom is -0.378 e. The summed E-state index contributed by atoms with van der Waals surface area (Å²) < 4.78 is 7.45. The monoisotopic (exact) mass is 327 g/mol. The Hall–Kier alpha value is -1.28. The molecule has 1 amide bonds. The first kappa shape index (κ1) is 17.1. The fourth-order valence-corrected chi connectivity index (χ4v) is 3.18. The number of carbonyl (C=O) groups is 1. The molecule has 1 aliphatic rings. The summed E-state index contributed by atoms with van der Waals surface area (Å²) >= 11 is 1.46. The van der Waals surface area contributed by atoms with Crippen LogP contribution in [-0.4, -0.2) is 58.8 Å². The van der Waals surface area contributed by atoms with Crippen molar-refractivity contribution in [2.24, 2.45) is 0 Å². The van der Waals surface area contributed by atoms with Crippen LogP contribution >= 0.6 is 11.8 Å². The molecule has 8 heteroatoms. The largest absolute Gasteiger partial charge is 0.378 e. The van der Waals surface area contributed by atoms with Crippen molar-refractivity contribution in [3.8, 4) is 0 Å². The lowest BCUT2D eigenvalue weighted by molar-refractivity contribution is -0.120. The summed E-state index contributed by atoms with van der Waals surface area (Å²) in [4.78, 5) is 14.2. The highest BCUT2D eigenvalue weighted by Gasteiger charge is 2.22. The number of nitrogens with zero attached hydrogens (tertiary/aromatic N) is 4. The predicted molar refractivity (Wildman–Crippen MR) is 87.3 cm³/mol. The molecule has 0 bridgehead atoms. The van der Waals surface area contributed by atoms with Crippen molar-refractivity contribution in [2.75, 3.05) is 37.7 Å². The molecule has 1 atom stereocenters. The molecule has 0 aliphatic carbocycles. The number of ether oxygens (including phenoxy) is 1. The van der Waals surface area contributed by atoms with Gasteiger partial charge in [0.25, 0.3) is 0 Å². The third-order valence-electron chi connectivity index (χ3n) is 3.51. The number of rotatable bonds is 7. The van der Waals surface area contributed by atoms with Crippen molar-refractivity contribution in [3.05, 3.63) is 0 Å². The molecule has 1 aliphatic heterocycles. The minimum absolute atomic E-state index is 0.0467. The van der Waals surface area contributed by atoms with Crippen LogP contribution in [0.2, 0.25) is 0 Å². The van der Waals surface area contributed by atoms with Crippen molar-refractivity contribution in [3.63, 3.8) is 0 Å². The number of hydrogen-bond acceptors (Lipinski definition) is 6. The molecule has 1 aromatic rings. The summed E-state index contributed by atoms with van der Waals surface area (Å²) in [6, 6.07) is 0. The molecular formula is C14H25N5O2S. The molecule has 1 saturated heterocycles.